The minimum atomic E-state index is 0.0499. The van der Waals surface area contributed by atoms with Gasteiger partial charge in [0.05, 0.1) is 11.0 Å². The third-order valence-corrected chi connectivity index (χ3v) is 5.60. The molecule has 0 saturated carbocycles. The van der Waals surface area contributed by atoms with Crippen molar-refractivity contribution in [2.45, 2.75) is 12.3 Å². The molecule has 1 aromatic carbocycles. The summed E-state index contributed by atoms with van der Waals surface area (Å²) < 4.78 is 2.88. The number of fused-ring (bicyclic) bond motifs is 1. The van der Waals surface area contributed by atoms with E-state index in [1.54, 1.807) is 6.20 Å². The molecule has 0 bridgehead atoms. The molecule has 30 heavy (non-hydrogen) atoms. The Labute approximate surface area is 182 Å². The Bertz CT molecular complexity index is 1300. The first-order valence-corrected chi connectivity index (χ1v) is 10.5. The monoisotopic (exact) mass is 455 g/mol. The molecular weight excluding hydrogens is 438 g/mol. The first kappa shape index (κ1) is 18.6. The Morgan fingerprint density at radius 1 is 0.867 bits per heavy atom. The van der Waals surface area contributed by atoms with Crippen LogP contribution in [-0.2, 0) is 6.42 Å². The van der Waals surface area contributed by atoms with Gasteiger partial charge in [-0.1, -0.05) is 30.3 Å². The van der Waals surface area contributed by atoms with E-state index in [9.17, 15) is 0 Å². The molecule has 146 valence electrons. The van der Waals surface area contributed by atoms with Crippen LogP contribution in [0.5, 0.6) is 0 Å². The van der Waals surface area contributed by atoms with Gasteiger partial charge in [-0.05, 0) is 69.9 Å². The maximum absolute atomic E-state index is 4.74. The van der Waals surface area contributed by atoms with E-state index in [2.05, 4.69) is 54.7 Å². The van der Waals surface area contributed by atoms with E-state index in [1.807, 2.05) is 61.2 Å². The lowest BCUT2D eigenvalue weighted by atomic mass is 9.90. The van der Waals surface area contributed by atoms with E-state index < -0.39 is 0 Å². The van der Waals surface area contributed by atoms with Gasteiger partial charge in [-0.2, -0.15) is 0 Å². The Balaban J connectivity index is 1.61. The van der Waals surface area contributed by atoms with Gasteiger partial charge in [0.15, 0.2) is 0 Å². The van der Waals surface area contributed by atoms with Crippen molar-refractivity contribution in [2.75, 3.05) is 0 Å². The summed E-state index contributed by atoms with van der Waals surface area (Å²) in [7, 11) is 0. The van der Waals surface area contributed by atoms with Gasteiger partial charge in [-0.3, -0.25) is 9.55 Å². The molecule has 0 saturated heterocycles. The average molecular weight is 456 g/mol. The molecule has 0 fully saturated rings. The summed E-state index contributed by atoms with van der Waals surface area (Å²) in [4.78, 5) is 18.3. The van der Waals surface area contributed by atoms with Crippen molar-refractivity contribution in [3.05, 3.63) is 113 Å². The third kappa shape index (κ3) is 3.62. The molecular formula is C24H18BrN5. The summed E-state index contributed by atoms with van der Waals surface area (Å²) in [5, 5.41) is 0. The van der Waals surface area contributed by atoms with Crippen molar-refractivity contribution in [1.29, 1.82) is 0 Å². The molecule has 0 spiro atoms. The van der Waals surface area contributed by atoms with Gasteiger partial charge in [0, 0.05) is 30.2 Å². The number of halogens is 1. The quantitative estimate of drug-likeness (QED) is 0.335. The second kappa shape index (κ2) is 8.16. The topological polar surface area (TPSA) is 56.5 Å². The Hall–Kier alpha value is -3.38. The van der Waals surface area contributed by atoms with Crippen LogP contribution in [0.1, 0.15) is 22.7 Å². The van der Waals surface area contributed by atoms with E-state index in [-0.39, 0.29) is 5.92 Å². The first-order chi connectivity index (χ1) is 14.8. The van der Waals surface area contributed by atoms with Gasteiger partial charge >= 0.3 is 0 Å². The van der Waals surface area contributed by atoms with E-state index in [0.29, 0.717) is 0 Å². The van der Waals surface area contributed by atoms with Crippen LogP contribution in [0.4, 0.5) is 0 Å². The first-order valence-electron chi connectivity index (χ1n) is 9.68. The number of benzene rings is 1. The van der Waals surface area contributed by atoms with Crippen molar-refractivity contribution in [2.24, 2.45) is 0 Å². The molecule has 4 heterocycles. The van der Waals surface area contributed by atoms with Crippen LogP contribution in [0.2, 0.25) is 0 Å². The second-order valence-corrected chi connectivity index (χ2v) is 7.83. The Morgan fingerprint density at radius 2 is 1.77 bits per heavy atom. The molecule has 0 N–H and O–H groups in total. The molecule has 0 amide bonds. The van der Waals surface area contributed by atoms with Crippen LogP contribution < -0.4 is 0 Å². The average Bonchev–Trinajstić information content (AvgIpc) is 3.22. The van der Waals surface area contributed by atoms with Gasteiger partial charge in [0.1, 0.15) is 16.7 Å². The summed E-state index contributed by atoms with van der Waals surface area (Å²) in [6.45, 7) is 0. The van der Waals surface area contributed by atoms with E-state index in [4.69, 9.17) is 9.97 Å². The van der Waals surface area contributed by atoms with Crippen LogP contribution in [0.25, 0.3) is 16.9 Å². The maximum atomic E-state index is 4.74. The fourth-order valence-electron chi connectivity index (χ4n) is 3.75. The maximum Gasteiger partial charge on any atom is 0.141 e. The van der Waals surface area contributed by atoms with Crippen molar-refractivity contribution in [3.8, 4) is 5.82 Å². The van der Waals surface area contributed by atoms with Gasteiger partial charge in [0.25, 0.3) is 0 Å². The molecule has 0 aliphatic heterocycles. The highest BCUT2D eigenvalue weighted by molar-refractivity contribution is 9.10. The molecule has 1 unspecified atom stereocenters. The number of imidazole rings is 1. The third-order valence-electron chi connectivity index (χ3n) is 5.15. The number of para-hydroxylation sites is 2. The normalized spacial score (nSPS) is 12.2. The van der Waals surface area contributed by atoms with Crippen LogP contribution in [0, 0.1) is 0 Å². The Kier molecular flexibility index (Phi) is 5.07. The smallest absolute Gasteiger partial charge is 0.141 e. The highest BCUT2D eigenvalue weighted by Crippen LogP contribution is 2.30. The summed E-state index contributed by atoms with van der Waals surface area (Å²) in [5.41, 5.74) is 5.22. The molecule has 0 aliphatic carbocycles. The molecule has 5 nitrogen and oxygen atoms in total. The number of nitrogens with zero attached hydrogens (tertiary/aromatic N) is 5. The lowest BCUT2D eigenvalue weighted by Gasteiger charge is -2.19. The largest absolute Gasteiger partial charge is 0.283 e. The van der Waals surface area contributed by atoms with Gasteiger partial charge in [-0.25, -0.2) is 15.0 Å². The molecule has 0 aliphatic rings. The number of hydrogen-bond donors (Lipinski definition) is 0. The molecule has 5 rings (SSSR count). The van der Waals surface area contributed by atoms with Gasteiger partial charge in [-0.15, -0.1) is 0 Å². The van der Waals surface area contributed by atoms with E-state index in [0.717, 1.165) is 44.7 Å². The predicted molar refractivity (Wildman–Crippen MR) is 121 cm³/mol. The summed E-state index contributed by atoms with van der Waals surface area (Å²) in [6.07, 6.45) is 8.11. The van der Waals surface area contributed by atoms with Crippen LogP contribution in [-0.4, -0.2) is 24.5 Å². The molecule has 1 atom stereocenters. The standard InChI is InChI=1S/C24H18BrN5/c25-23-11-3-9-20(29-23)19(18-7-4-12-26-15-18)14-17-6-5-13-27-24(17)30-16-28-21-8-1-2-10-22(21)30/h1-13,15-16,19H,14H2. The lowest BCUT2D eigenvalue weighted by molar-refractivity contribution is 0.757. The zero-order chi connectivity index (χ0) is 20.3. The number of rotatable bonds is 5. The number of aromatic nitrogens is 5. The number of pyridine rings is 3. The highest BCUT2D eigenvalue weighted by Gasteiger charge is 2.20. The van der Waals surface area contributed by atoms with Crippen LogP contribution >= 0.6 is 15.9 Å². The summed E-state index contributed by atoms with van der Waals surface area (Å²) in [6, 6.07) is 22.3. The zero-order valence-electron chi connectivity index (χ0n) is 16.1. The van der Waals surface area contributed by atoms with Gasteiger partial charge < -0.3 is 0 Å². The van der Waals surface area contributed by atoms with Crippen molar-refractivity contribution in [3.63, 3.8) is 0 Å². The second-order valence-electron chi connectivity index (χ2n) is 7.02. The fourth-order valence-corrected chi connectivity index (χ4v) is 4.11. The SMILES string of the molecule is Brc1cccc(C(Cc2cccnc2-n2cnc3ccccc32)c2cccnc2)n1. The lowest BCUT2D eigenvalue weighted by Crippen LogP contribution is -2.11. The van der Waals surface area contributed by atoms with E-state index >= 15 is 0 Å². The van der Waals surface area contributed by atoms with Crippen molar-refractivity contribution >= 4 is 27.0 Å². The van der Waals surface area contributed by atoms with Gasteiger partial charge in [0.2, 0.25) is 0 Å². The molecule has 0 radical (unpaired) electrons. The molecule has 6 heteroatoms. The summed E-state index contributed by atoms with van der Waals surface area (Å²) in [5.74, 6) is 0.934. The molecule has 5 aromatic rings. The highest BCUT2D eigenvalue weighted by atomic mass is 79.9. The molecule has 4 aromatic heterocycles. The minimum absolute atomic E-state index is 0.0499. The number of hydrogen-bond acceptors (Lipinski definition) is 4. The Morgan fingerprint density at radius 3 is 2.63 bits per heavy atom. The predicted octanol–water partition coefficient (Wildman–Crippen LogP) is 5.35. The fraction of sp³-hybridized carbons (Fsp3) is 0.0833. The van der Waals surface area contributed by atoms with E-state index in [1.165, 1.54) is 0 Å². The summed E-state index contributed by atoms with van der Waals surface area (Å²) >= 11 is 3.51. The minimum Gasteiger partial charge on any atom is -0.283 e. The van der Waals surface area contributed by atoms with Crippen LogP contribution in [0.15, 0.2) is 96.3 Å². The zero-order valence-corrected chi connectivity index (χ0v) is 17.6. The van der Waals surface area contributed by atoms with Crippen molar-refractivity contribution in [1.82, 2.24) is 24.5 Å². The van der Waals surface area contributed by atoms with Crippen LogP contribution in [0.3, 0.4) is 0 Å². The van der Waals surface area contributed by atoms with Crippen molar-refractivity contribution < 1.29 is 0 Å².